The average molecular weight is 412 g/mol. The van der Waals surface area contributed by atoms with Gasteiger partial charge in [-0.3, -0.25) is 10.2 Å². The molecule has 2 N–H and O–H groups in total. The Labute approximate surface area is 185 Å². The van der Waals surface area contributed by atoms with Gasteiger partial charge in [0, 0.05) is 22.3 Å². The molecule has 0 spiro atoms. The molecule has 0 fully saturated rings. The highest BCUT2D eigenvalue weighted by Crippen LogP contribution is 2.30. The second-order valence-corrected chi connectivity index (χ2v) is 7.84. The van der Waals surface area contributed by atoms with Gasteiger partial charge in [-0.1, -0.05) is 84.9 Å². The molecule has 6 rings (SSSR count). The molecule has 0 saturated carbocycles. The highest BCUT2D eigenvalue weighted by Gasteiger charge is 2.09. The largest absolute Gasteiger partial charge is 0.277 e. The van der Waals surface area contributed by atoms with Gasteiger partial charge in [0.1, 0.15) is 0 Å². The first kappa shape index (κ1) is 18.3. The first-order valence-electron chi connectivity index (χ1n) is 10.6. The first-order valence-corrected chi connectivity index (χ1v) is 10.6. The Kier molecular flexibility index (Phi) is 4.40. The predicted molar refractivity (Wildman–Crippen MR) is 130 cm³/mol. The number of aromatic nitrogens is 4. The molecule has 0 atom stereocenters. The Morgan fingerprint density at radius 1 is 0.406 bits per heavy atom. The molecule has 2 aromatic heterocycles. The fourth-order valence-corrected chi connectivity index (χ4v) is 4.03. The quantitative estimate of drug-likeness (QED) is 0.329. The van der Waals surface area contributed by atoms with Crippen LogP contribution in [-0.4, -0.2) is 20.4 Å². The van der Waals surface area contributed by atoms with Crippen LogP contribution in [0.4, 0.5) is 0 Å². The van der Waals surface area contributed by atoms with E-state index < -0.39 is 0 Å². The van der Waals surface area contributed by atoms with E-state index in [1.807, 2.05) is 36.4 Å². The van der Waals surface area contributed by atoms with Gasteiger partial charge in [0.05, 0.1) is 22.8 Å². The van der Waals surface area contributed by atoms with Gasteiger partial charge in [0.2, 0.25) is 0 Å². The average Bonchev–Trinajstić information content (AvgIpc) is 3.55. The van der Waals surface area contributed by atoms with Crippen LogP contribution in [0.3, 0.4) is 0 Å². The van der Waals surface area contributed by atoms with Crippen molar-refractivity contribution in [3.05, 3.63) is 109 Å². The topological polar surface area (TPSA) is 57.4 Å². The number of fused-ring (bicyclic) bond motifs is 1. The summed E-state index contributed by atoms with van der Waals surface area (Å²) in [5, 5.41) is 17.7. The summed E-state index contributed by atoms with van der Waals surface area (Å²) in [6, 6.07) is 37.6. The monoisotopic (exact) mass is 412 g/mol. The third kappa shape index (κ3) is 3.38. The number of H-pyrrole nitrogens is 2. The van der Waals surface area contributed by atoms with Crippen molar-refractivity contribution in [1.29, 1.82) is 0 Å². The van der Waals surface area contributed by atoms with E-state index in [9.17, 15) is 0 Å². The minimum absolute atomic E-state index is 0.945. The Hall–Kier alpha value is -4.44. The molecule has 0 radical (unpaired) electrons. The van der Waals surface area contributed by atoms with Gasteiger partial charge in [-0.15, -0.1) is 0 Å². The van der Waals surface area contributed by atoms with Crippen molar-refractivity contribution in [3.63, 3.8) is 0 Å². The molecule has 0 aliphatic carbocycles. The van der Waals surface area contributed by atoms with Crippen molar-refractivity contribution in [3.8, 4) is 45.0 Å². The van der Waals surface area contributed by atoms with E-state index in [0.717, 1.165) is 45.0 Å². The van der Waals surface area contributed by atoms with Gasteiger partial charge in [-0.05, 0) is 35.0 Å². The molecule has 4 aromatic carbocycles. The molecule has 0 aliphatic rings. The summed E-state index contributed by atoms with van der Waals surface area (Å²) in [5.41, 5.74) is 8.32. The summed E-state index contributed by atoms with van der Waals surface area (Å²) < 4.78 is 0. The third-order valence-corrected chi connectivity index (χ3v) is 5.76. The van der Waals surface area contributed by atoms with Crippen LogP contribution in [0.1, 0.15) is 0 Å². The lowest BCUT2D eigenvalue weighted by Gasteiger charge is -2.04. The van der Waals surface area contributed by atoms with Crippen molar-refractivity contribution in [2.24, 2.45) is 0 Å². The maximum Gasteiger partial charge on any atom is 0.0927 e. The van der Waals surface area contributed by atoms with Crippen LogP contribution in [0.15, 0.2) is 109 Å². The summed E-state index contributed by atoms with van der Waals surface area (Å²) >= 11 is 0. The molecule has 6 aromatic rings. The van der Waals surface area contributed by atoms with Crippen LogP contribution in [0.5, 0.6) is 0 Å². The first-order chi connectivity index (χ1) is 15.8. The van der Waals surface area contributed by atoms with E-state index in [1.54, 1.807) is 0 Å². The van der Waals surface area contributed by atoms with E-state index >= 15 is 0 Å². The van der Waals surface area contributed by atoms with Crippen LogP contribution in [0, 0.1) is 0 Å². The van der Waals surface area contributed by atoms with E-state index in [2.05, 4.69) is 93.2 Å². The van der Waals surface area contributed by atoms with E-state index in [-0.39, 0.29) is 0 Å². The highest BCUT2D eigenvalue weighted by molar-refractivity contribution is 5.90. The summed E-state index contributed by atoms with van der Waals surface area (Å²) in [7, 11) is 0. The van der Waals surface area contributed by atoms with Gasteiger partial charge in [0.15, 0.2) is 0 Å². The Morgan fingerprint density at radius 2 is 0.875 bits per heavy atom. The summed E-state index contributed by atoms with van der Waals surface area (Å²) in [6.45, 7) is 0. The molecule has 152 valence electrons. The Morgan fingerprint density at radius 3 is 1.34 bits per heavy atom. The molecule has 32 heavy (non-hydrogen) atoms. The number of hydrogen-bond acceptors (Lipinski definition) is 2. The van der Waals surface area contributed by atoms with Crippen molar-refractivity contribution in [2.45, 2.75) is 0 Å². The van der Waals surface area contributed by atoms with E-state index in [4.69, 9.17) is 0 Å². The van der Waals surface area contributed by atoms with Crippen LogP contribution >= 0.6 is 0 Å². The highest BCUT2D eigenvalue weighted by atomic mass is 15.1. The third-order valence-electron chi connectivity index (χ3n) is 5.76. The normalized spacial score (nSPS) is 11.1. The summed E-state index contributed by atoms with van der Waals surface area (Å²) in [6.07, 6.45) is 0. The molecule has 2 heterocycles. The van der Waals surface area contributed by atoms with Crippen LogP contribution < -0.4 is 0 Å². The molecule has 0 amide bonds. The number of nitrogens with zero attached hydrogens (tertiary/aromatic N) is 2. The molecular formula is C28H20N4. The maximum atomic E-state index is 4.50. The molecule has 0 saturated heterocycles. The van der Waals surface area contributed by atoms with E-state index in [1.165, 1.54) is 10.8 Å². The number of benzene rings is 4. The molecule has 0 unspecified atom stereocenters. The zero-order valence-electron chi connectivity index (χ0n) is 17.3. The van der Waals surface area contributed by atoms with Crippen LogP contribution in [0.2, 0.25) is 0 Å². The molecule has 4 nitrogen and oxygen atoms in total. The lowest BCUT2D eigenvalue weighted by molar-refractivity contribution is 1.10. The lowest BCUT2D eigenvalue weighted by Crippen LogP contribution is -1.82. The standard InChI is InChI=1S/C28H20N4/c1-3-7-20(8-4-1)25-17-27(31-29-25)22-13-11-19-12-14-23(16-24(19)15-22)28-18-26(30-32-28)21-9-5-2-6-10-21/h1-18H,(H,29,31)(H,30,32). The molecular weight excluding hydrogens is 392 g/mol. The number of hydrogen-bond donors (Lipinski definition) is 2. The van der Waals surface area contributed by atoms with Crippen molar-refractivity contribution in [2.75, 3.05) is 0 Å². The van der Waals surface area contributed by atoms with Gasteiger partial charge < -0.3 is 0 Å². The second kappa shape index (κ2) is 7.67. The number of aromatic amines is 2. The summed E-state index contributed by atoms with van der Waals surface area (Å²) in [5.74, 6) is 0. The SMILES string of the molecule is c1ccc(-c2cc(-c3ccc4ccc(-c5cc(-c6ccccc6)n[nH]5)cc4c3)[nH]n2)cc1. The molecule has 4 heteroatoms. The minimum Gasteiger partial charge on any atom is -0.277 e. The van der Waals surface area contributed by atoms with Crippen molar-refractivity contribution >= 4 is 10.8 Å². The zero-order valence-corrected chi connectivity index (χ0v) is 17.3. The summed E-state index contributed by atoms with van der Waals surface area (Å²) in [4.78, 5) is 0. The predicted octanol–water partition coefficient (Wildman–Crippen LogP) is 6.95. The molecule has 0 bridgehead atoms. The molecule has 0 aliphatic heterocycles. The minimum atomic E-state index is 0.945. The second-order valence-electron chi connectivity index (χ2n) is 7.84. The van der Waals surface area contributed by atoms with Gasteiger partial charge in [0.25, 0.3) is 0 Å². The smallest absolute Gasteiger partial charge is 0.0927 e. The lowest BCUT2D eigenvalue weighted by atomic mass is 10.0. The van der Waals surface area contributed by atoms with Gasteiger partial charge in [-0.25, -0.2) is 0 Å². The number of nitrogens with one attached hydrogen (secondary N) is 2. The fraction of sp³-hybridized carbons (Fsp3) is 0. The van der Waals surface area contributed by atoms with Crippen molar-refractivity contribution in [1.82, 2.24) is 20.4 Å². The zero-order chi connectivity index (χ0) is 21.3. The Bertz CT molecular complexity index is 1400. The fourth-order valence-electron chi connectivity index (χ4n) is 4.03. The van der Waals surface area contributed by atoms with Gasteiger partial charge >= 0.3 is 0 Å². The maximum absolute atomic E-state index is 4.50. The van der Waals surface area contributed by atoms with Crippen LogP contribution in [0.25, 0.3) is 55.8 Å². The Balaban J connectivity index is 1.35. The van der Waals surface area contributed by atoms with Crippen LogP contribution in [-0.2, 0) is 0 Å². The number of rotatable bonds is 4. The van der Waals surface area contributed by atoms with Crippen molar-refractivity contribution < 1.29 is 0 Å². The van der Waals surface area contributed by atoms with E-state index in [0.29, 0.717) is 0 Å². The van der Waals surface area contributed by atoms with Gasteiger partial charge in [-0.2, -0.15) is 10.2 Å².